The van der Waals surface area contributed by atoms with Crippen LogP contribution in [0.5, 0.6) is 5.75 Å². The Hall–Kier alpha value is -2.48. The summed E-state index contributed by atoms with van der Waals surface area (Å²) >= 11 is 3.35. The van der Waals surface area contributed by atoms with Crippen LogP contribution in [0.2, 0.25) is 0 Å². The molecule has 0 radical (unpaired) electrons. The molecule has 34 heavy (non-hydrogen) atoms. The number of aromatic hydroxyl groups is 1. The van der Waals surface area contributed by atoms with Gasteiger partial charge in [0, 0.05) is 16.5 Å². The third-order valence-corrected chi connectivity index (χ3v) is 7.44. The van der Waals surface area contributed by atoms with Crippen LogP contribution in [0.25, 0.3) is 0 Å². The number of nitrogens with one attached hydrogen (secondary N) is 2. The van der Waals surface area contributed by atoms with E-state index < -0.39 is 46.1 Å². The fraction of sp³-hybridized carbons (Fsp3) is 0.455. The van der Waals surface area contributed by atoms with Crippen molar-refractivity contribution in [2.45, 2.75) is 49.0 Å². The molecule has 0 aliphatic carbocycles. The zero-order valence-corrected chi connectivity index (χ0v) is 22.0. The van der Waals surface area contributed by atoms with E-state index in [-0.39, 0.29) is 16.3 Å². The van der Waals surface area contributed by atoms with Crippen molar-refractivity contribution in [2.24, 2.45) is 0 Å². The molecule has 2 aliphatic rings. The average Bonchev–Trinajstić information content (AvgIpc) is 3.04. The van der Waals surface area contributed by atoms with Crippen LogP contribution in [0.15, 0.2) is 36.0 Å². The molecule has 1 aromatic rings. The summed E-state index contributed by atoms with van der Waals surface area (Å²) in [6.45, 7) is 5.33. The molecule has 2 amide bonds. The fourth-order valence-corrected chi connectivity index (χ4v) is 5.90. The number of fused-ring (bicyclic) bond motifs is 1. The van der Waals surface area contributed by atoms with Gasteiger partial charge >= 0.3 is 11.9 Å². The van der Waals surface area contributed by atoms with Crippen LogP contribution in [0.3, 0.4) is 0 Å². The SMILES string of the molecule is COC(=O)C=C(C)NC(C(=O)N[C@@H]1C(=O)N2[C@@H]1SC(C)(C)[C@@H]2C(=O)OCI)c1ccc(O)cc1. The summed E-state index contributed by atoms with van der Waals surface area (Å²) < 4.78 is 9.36. The van der Waals surface area contributed by atoms with E-state index in [9.17, 15) is 24.3 Å². The van der Waals surface area contributed by atoms with Crippen molar-refractivity contribution in [3.05, 3.63) is 41.6 Å². The zero-order chi connectivity index (χ0) is 25.2. The topological polar surface area (TPSA) is 134 Å². The number of carbonyl (C=O) groups excluding carboxylic acids is 4. The highest BCUT2D eigenvalue weighted by Crippen LogP contribution is 2.51. The third-order valence-electron chi connectivity index (χ3n) is 5.56. The molecule has 2 aliphatic heterocycles. The number of hydrogen-bond acceptors (Lipinski definition) is 9. The number of hydrogen-bond donors (Lipinski definition) is 3. The number of β-lactam (4-membered cyclic amide) rings is 1. The monoisotopic (exact) mass is 603 g/mol. The van der Waals surface area contributed by atoms with Crippen molar-refractivity contribution in [1.82, 2.24) is 15.5 Å². The van der Waals surface area contributed by atoms with Gasteiger partial charge in [-0.05, 0) is 61.1 Å². The summed E-state index contributed by atoms with van der Waals surface area (Å²) in [6.07, 6.45) is 1.20. The number of esters is 2. The maximum Gasteiger partial charge on any atom is 0.332 e. The number of thioether (sulfide) groups is 1. The molecule has 184 valence electrons. The normalized spacial score (nSPS) is 23.9. The number of phenolic OH excluding ortho intramolecular Hbond substituents is 1. The molecule has 10 nitrogen and oxygen atoms in total. The van der Waals surface area contributed by atoms with Crippen LogP contribution >= 0.6 is 34.4 Å². The quantitative estimate of drug-likeness (QED) is 0.133. The van der Waals surface area contributed by atoms with Crippen molar-refractivity contribution in [3.8, 4) is 5.75 Å². The number of rotatable bonds is 8. The van der Waals surface area contributed by atoms with Crippen molar-refractivity contribution in [2.75, 3.05) is 11.7 Å². The summed E-state index contributed by atoms with van der Waals surface area (Å²) in [5.41, 5.74) is 0.888. The summed E-state index contributed by atoms with van der Waals surface area (Å²) in [4.78, 5) is 51.8. The molecule has 2 saturated heterocycles. The predicted molar refractivity (Wildman–Crippen MR) is 133 cm³/mol. The molecule has 12 heteroatoms. The van der Waals surface area contributed by atoms with E-state index >= 15 is 0 Å². The fourth-order valence-electron chi connectivity index (χ4n) is 3.97. The van der Waals surface area contributed by atoms with E-state index in [2.05, 4.69) is 15.4 Å². The van der Waals surface area contributed by atoms with Crippen LogP contribution in [0.4, 0.5) is 0 Å². The van der Waals surface area contributed by atoms with Gasteiger partial charge in [-0.15, -0.1) is 11.8 Å². The van der Waals surface area contributed by atoms with Crippen molar-refractivity contribution in [3.63, 3.8) is 0 Å². The molecule has 3 N–H and O–H groups in total. The number of carbonyl (C=O) groups is 4. The Morgan fingerprint density at radius 1 is 1.29 bits per heavy atom. The predicted octanol–water partition coefficient (Wildman–Crippen LogP) is 1.58. The van der Waals surface area contributed by atoms with E-state index in [0.717, 1.165) is 0 Å². The van der Waals surface area contributed by atoms with E-state index in [1.807, 2.05) is 36.4 Å². The van der Waals surface area contributed by atoms with Gasteiger partial charge in [-0.1, -0.05) is 12.1 Å². The summed E-state index contributed by atoms with van der Waals surface area (Å²) in [6, 6.07) is 3.49. The maximum absolute atomic E-state index is 13.3. The number of allylic oxidation sites excluding steroid dienone is 1. The van der Waals surface area contributed by atoms with Gasteiger partial charge in [-0.2, -0.15) is 0 Å². The lowest BCUT2D eigenvalue weighted by atomic mass is 9.95. The molecule has 2 heterocycles. The Balaban J connectivity index is 1.80. The number of phenols is 1. The second-order valence-corrected chi connectivity index (χ2v) is 10.7. The molecular formula is C22H26IN3O7S. The van der Waals surface area contributed by atoms with Gasteiger partial charge in [-0.3, -0.25) is 9.59 Å². The summed E-state index contributed by atoms with van der Waals surface area (Å²) in [5, 5.41) is 14.9. The molecule has 1 aromatic carbocycles. The number of benzene rings is 1. The number of methoxy groups -OCH3 is 1. The van der Waals surface area contributed by atoms with Crippen LogP contribution < -0.4 is 10.6 Å². The summed E-state index contributed by atoms with van der Waals surface area (Å²) in [7, 11) is 1.24. The Bertz CT molecular complexity index is 1010. The number of halogens is 1. The molecular weight excluding hydrogens is 577 g/mol. The van der Waals surface area contributed by atoms with Crippen LogP contribution in [0, 0.1) is 0 Å². The van der Waals surface area contributed by atoms with Gasteiger partial charge < -0.3 is 30.1 Å². The molecule has 0 spiro atoms. The van der Waals surface area contributed by atoms with Gasteiger partial charge in [-0.25, -0.2) is 9.59 Å². The summed E-state index contributed by atoms with van der Waals surface area (Å²) in [5.74, 6) is -1.90. The van der Waals surface area contributed by atoms with E-state index in [1.165, 1.54) is 42.0 Å². The third kappa shape index (κ3) is 5.27. The number of nitrogens with zero attached hydrogens (tertiary/aromatic N) is 1. The highest BCUT2D eigenvalue weighted by Gasteiger charge is 2.64. The first kappa shape index (κ1) is 26.1. The lowest BCUT2D eigenvalue weighted by molar-refractivity contribution is -0.163. The van der Waals surface area contributed by atoms with E-state index in [4.69, 9.17) is 4.74 Å². The minimum atomic E-state index is -0.956. The second-order valence-electron chi connectivity index (χ2n) is 8.34. The minimum absolute atomic E-state index is 0.0311. The first-order chi connectivity index (χ1) is 16.0. The van der Waals surface area contributed by atoms with Gasteiger partial charge in [0.25, 0.3) is 0 Å². The molecule has 3 rings (SSSR count). The molecule has 0 saturated carbocycles. The molecule has 2 fully saturated rings. The van der Waals surface area contributed by atoms with E-state index in [0.29, 0.717) is 11.3 Å². The molecule has 0 aromatic heterocycles. The number of amides is 2. The first-order valence-corrected chi connectivity index (χ1v) is 12.8. The average molecular weight is 603 g/mol. The molecule has 0 bridgehead atoms. The van der Waals surface area contributed by atoms with Gasteiger partial charge in [0.05, 0.1) is 7.11 Å². The van der Waals surface area contributed by atoms with Crippen LogP contribution in [-0.4, -0.2) is 67.7 Å². The number of ether oxygens (including phenoxy) is 2. The van der Waals surface area contributed by atoms with E-state index in [1.54, 1.807) is 19.1 Å². The van der Waals surface area contributed by atoms with Gasteiger partial charge in [0.15, 0.2) is 0 Å². The van der Waals surface area contributed by atoms with Crippen molar-refractivity contribution >= 4 is 58.1 Å². The Morgan fingerprint density at radius 3 is 2.53 bits per heavy atom. The Labute approximate surface area is 214 Å². The second kappa shape index (κ2) is 10.4. The first-order valence-electron chi connectivity index (χ1n) is 10.3. The molecule has 4 atom stereocenters. The smallest absolute Gasteiger partial charge is 0.332 e. The highest BCUT2D eigenvalue weighted by atomic mass is 127. The van der Waals surface area contributed by atoms with Crippen LogP contribution in [0.1, 0.15) is 32.4 Å². The van der Waals surface area contributed by atoms with Crippen LogP contribution in [-0.2, 0) is 28.7 Å². The minimum Gasteiger partial charge on any atom is -0.508 e. The zero-order valence-electron chi connectivity index (χ0n) is 19.0. The largest absolute Gasteiger partial charge is 0.508 e. The van der Waals surface area contributed by atoms with Gasteiger partial charge in [0.2, 0.25) is 11.8 Å². The Morgan fingerprint density at radius 2 is 1.94 bits per heavy atom. The Kier molecular flexibility index (Phi) is 8.01. The van der Waals surface area contributed by atoms with Crippen molar-refractivity contribution < 1.29 is 33.8 Å². The highest BCUT2D eigenvalue weighted by molar-refractivity contribution is 14.1. The standard InChI is InChI=1S/C22H26IN3O7S/c1-11(9-14(28)32-4)24-15(12-5-7-13(27)8-6-12)18(29)25-16-19(30)26-17(21(31)33-10-23)22(2,3)34-20(16)26/h5-9,15-17,20,24,27H,10H2,1-4H3,(H,25,29)/t15?,16-,17+,20-/m1/s1. The molecule has 1 unspecified atom stereocenters. The van der Waals surface area contributed by atoms with Gasteiger partial charge in [0.1, 0.15) is 33.9 Å². The maximum atomic E-state index is 13.3. The van der Waals surface area contributed by atoms with Crippen molar-refractivity contribution in [1.29, 1.82) is 0 Å². The number of alkyl halides is 1. The lowest BCUT2D eigenvalue weighted by Gasteiger charge is -2.44. The lowest BCUT2D eigenvalue weighted by Crippen LogP contribution is -2.71.